The van der Waals surface area contributed by atoms with Gasteiger partial charge in [-0.3, -0.25) is 4.79 Å². The number of nitrogens with zero attached hydrogens (tertiary/aromatic N) is 1. The van der Waals surface area contributed by atoms with E-state index in [1.54, 1.807) is 11.8 Å². The van der Waals surface area contributed by atoms with E-state index in [9.17, 15) is 19.5 Å². The molecule has 2 N–H and O–H groups in total. The van der Waals surface area contributed by atoms with Gasteiger partial charge in [0.25, 0.3) is 0 Å². The van der Waals surface area contributed by atoms with Gasteiger partial charge >= 0.3 is 12.1 Å². The molecule has 3 unspecified atom stereocenters. The van der Waals surface area contributed by atoms with Crippen molar-refractivity contribution in [2.24, 2.45) is 0 Å². The van der Waals surface area contributed by atoms with Gasteiger partial charge in [0, 0.05) is 11.7 Å². The highest BCUT2D eigenvalue weighted by Crippen LogP contribution is 2.44. The lowest BCUT2D eigenvalue weighted by Gasteiger charge is -2.30. The van der Waals surface area contributed by atoms with Crippen LogP contribution in [-0.2, 0) is 14.3 Å². The summed E-state index contributed by atoms with van der Waals surface area (Å²) in [5.41, 5.74) is 4.50. The van der Waals surface area contributed by atoms with Crippen molar-refractivity contribution in [3.05, 3.63) is 59.7 Å². The van der Waals surface area contributed by atoms with E-state index in [-0.39, 0.29) is 23.8 Å². The fraction of sp³-hybridized carbons (Fsp3) is 0.423. The summed E-state index contributed by atoms with van der Waals surface area (Å²) in [4.78, 5) is 39.5. The molecule has 0 saturated carbocycles. The zero-order valence-corrected chi connectivity index (χ0v) is 21.4. The number of hydrogen-bond donors (Lipinski definition) is 2. The molecular formula is C26H30N2O5S2. The maximum atomic E-state index is 13.4. The molecule has 0 bridgehead atoms. The van der Waals surface area contributed by atoms with Crippen molar-refractivity contribution in [1.29, 1.82) is 0 Å². The molecule has 186 valence electrons. The molecule has 1 heterocycles. The third-order valence-electron chi connectivity index (χ3n) is 6.53. The highest BCUT2D eigenvalue weighted by molar-refractivity contribution is 8.00. The number of benzene rings is 2. The Morgan fingerprint density at radius 2 is 1.77 bits per heavy atom. The largest absolute Gasteiger partial charge is 0.480 e. The second-order valence-electron chi connectivity index (χ2n) is 8.60. The number of thioether (sulfide) groups is 2. The van der Waals surface area contributed by atoms with Crippen molar-refractivity contribution >= 4 is 41.5 Å². The van der Waals surface area contributed by atoms with Crippen LogP contribution in [0.5, 0.6) is 0 Å². The number of alkyl carbamates (subject to hydrolysis) is 1. The smallest absolute Gasteiger partial charge is 0.407 e. The summed E-state index contributed by atoms with van der Waals surface area (Å²) < 4.78 is 5.64. The van der Waals surface area contributed by atoms with Crippen molar-refractivity contribution in [2.75, 3.05) is 24.4 Å². The van der Waals surface area contributed by atoms with Gasteiger partial charge in [-0.05, 0) is 47.1 Å². The number of carboxylic acid groups (broad SMARTS) is 1. The van der Waals surface area contributed by atoms with E-state index in [4.69, 9.17) is 4.74 Å². The average molecular weight is 515 g/mol. The number of amides is 2. The van der Waals surface area contributed by atoms with Crippen LogP contribution in [0.4, 0.5) is 4.79 Å². The number of ether oxygens (including phenoxy) is 1. The summed E-state index contributed by atoms with van der Waals surface area (Å²) in [7, 11) is 0. The Kier molecular flexibility index (Phi) is 8.28. The summed E-state index contributed by atoms with van der Waals surface area (Å²) >= 11 is 3.03. The van der Waals surface area contributed by atoms with Gasteiger partial charge in [-0.1, -0.05) is 55.5 Å². The molecule has 9 heteroatoms. The van der Waals surface area contributed by atoms with E-state index in [0.29, 0.717) is 24.3 Å². The summed E-state index contributed by atoms with van der Waals surface area (Å²) in [5.74, 6) is -0.470. The normalized spacial score (nSPS) is 19.7. The molecule has 2 aromatic carbocycles. The molecule has 4 rings (SSSR count). The predicted molar refractivity (Wildman–Crippen MR) is 140 cm³/mol. The van der Waals surface area contributed by atoms with E-state index in [0.717, 1.165) is 22.3 Å². The van der Waals surface area contributed by atoms with Crippen molar-refractivity contribution in [3.8, 4) is 11.1 Å². The number of nitrogens with one attached hydrogen (secondary N) is 1. The van der Waals surface area contributed by atoms with Crippen LogP contribution in [0.25, 0.3) is 11.1 Å². The van der Waals surface area contributed by atoms with Gasteiger partial charge in [0.05, 0.1) is 5.37 Å². The minimum absolute atomic E-state index is 0.0793. The number of carbonyl (C=O) groups is 3. The van der Waals surface area contributed by atoms with Gasteiger partial charge in [-0.15, -0.1) is 11.8 Å². The number of hydrogen-bond acceptors (Lipinski definition) is 6. The highest BCUT2D eigenvalue weighted by atomic mass is 32.2. The van der Waals surface area contributed by atoms with Crippen LogP contribution in [0, 0.1) is 0 Å². The monoisotopic (exact) mass is 514 g/mol. The lowest BCUT2D eigenvalue weighted by Crippen LogP contribution is -2.54. The molecule has 1 aliphatic heterocycles. The minimum Gasteiger partial charge on any atom is -0.480 e. The van der Waals surface area contributed by atoms with Crippen LogP contribution >= 0.6 is 23.5 Å². The van der Waals surface area contributed by atoms with Gasteiger partial charge in [0.1, 0.15) is 18.7 Å². The zero-order valence-electron chi connectivity index (χ0n) is 19.8. The van der Waals surface area contributed by atoms with Gasteiger partial charge in [0.2, 0.25) is 5.91 Å². The van der Waals surface area contributed by atoms with Crippen molar-refractivity contribution in [1.82, 2.24) is 10.2 Å². The van der Waals surface area contributed by atoms with Crippen LogP contribution < -0.4 is 5.32 Å². The Hall–Kier alpha value is -2.65. The molecule has 1 aliphatic carbocycles. The van der Waals surface area contributed by atoms with E-state index in [1.807, 2.05) is 49.6 Å². The number of fused-ring (bicyclic) bond motifs is 3. The minimum atomic E-state index is -1.02. The zero-order chi connectivity index (χ0) is 24.9. The lowest BCUT2D eigenvalue weighted by molar-refractivity contribution is -0.150. The van der Waals surface area contributed by atoms with Crippen LogP contribution in [0.1, 0.15) is 36.8 Å². The molecular weight excluding hydrogens is 484 g/mol. The third kappa shape index (κ3) is 5.30. The van der Waals surface area contributed by atoms with Crippen LogP contribution in [0.3, 0.4) is 0 Å². The number of carboxylic acids is 1. The Morgan fingerprint density at radius 1 is 1.14 bits per heavy atom. The SMILES string of the molecule is CCC1SCC(C(=O)O)N1C(=O)C(CCSC)NC(=O)OCC1c2ccccc2-c2ccccc21. The Balaban J connectivity index is 1.46. The van der Waals surface area contributed by atoms with Gasteiger partial charge in [0.15, 0.2) is 0 Å². The van der Waals surface area contributed by atoms with Crippen LogP contribution in [-0.4, -0.2) is 69.8 Å². The van der Waals surface area contributed by atoms with Crippen molar-refractivity contribution in [3.63, 3.8) is 0 Å². The van der Waals surface area contributed by atoms with Crippen molar-refractivity contribution in [2.45, 2.75) is 43.1 Å². The third-order valence-corrected chi connectivity index (χ3v) is 8.62. The predicted octanol–water partition coefficient (Wildman–Crippen LogP) is 4.41. The first-order chi connectivity index (χ1) is 17.0. The second-order valence-corrected chi connectivity index (χ2v) is 10.8. The summed E-state index contributed by atoms with van der Waals surface area (Å²) in [6.07, 6.45) is 2.29. The first kappa shape index (κ1) is 25.4. The summed E-state index contributed by atoms with van der Waals surface area (Å²) in [5, 5.41) is 12.1. The molecule has 7 nitrogen and oxygen atoms in total. The van der Waals surface area contributed by atoms with E-state index >= 15 is 0 Å². The lowest BCUT2D eigenvalue weighted by atomic mass is 9.98. The molecule has 0 spiro atoms. The number of carbonyl (C=O) groups excluding carboxylic acids is 2. The molecule has 2 amide bonds. The van der Waals surface area contributed by atoms with Gasteiger partial charge in [-0.2, -0.15) is 11.8 Å². The quantitative estimate of drug-likeness (QED) is 0.512. The molecule has 1 fully saturated rings. The average Bonchev–Trinajstić information content (AvgIpc) is 3.44. The molecule has 35 heavy (non-hydrogen) atoms. The van der Waals surface area contributed by atoms with E-state index in [1.165, 1.54) is 16.7 Å². The van der Waals surface area contributed by atoms with E-state index in [2.05, 4.69) is 17.4 Å². The first-order valence-corrected chi connectivity index (χ1v) is 14.2. The van der Waals surface area contributed by atoms with Crippen LogP contribution in [0.15, 0.2) is 48.5 Å². The number of rotatable bonds is 9. The molecule has 3 atom stereocenters. The fourth-order valence-electron chi connectivity index (χ4n) is 4.82. The molecule has 2 aliphatic rings. The molecule has 0 radical (unpaired) electrons. The first-order valence-electron chi connectivity index (χ1n) is 11.7. The maximum Gasteiger partial charge on any atom is 0.407 e. The van der Waals surface area contributed by atoms with Crippen molar-refractivity contribution < 1.29 is 24.2 Å². The Morgan fingerprint density at radius 3 is 2.34 bits per heavy atom. The van der Waals surface area contributed by atoms with Crippen LogP contribution in [0.2, 0.25) is 0 Å². The topological polar surface area (TPSA) is 95.9 Å². The molecule has 1 saturated heterocycles. The molecule has 0 aromatic heterocycles. The Bertz CT molecular complexity index is 1050. The standard InChI is InChI=1S/C26H30N2O5S2/c1-3-23-28(22(15-35-23)25(30)31)24(29)21(12-13-34-2)27-26(32)33-14-20-18-10-6-4-8-16(18)17-9-5-7-11-19(17)20/h4-11,20-23H,3,12-15H2,1-2H3,(H,27,32)(H,30,31). The van der Waals surface area contributed by atoms with Gasteiger partial charge in [-0.25, -0.2) is 9.59 Å². The fourth-order valence-corrected chi connectivity index (χ4v) is 6.65. The Labute approximate surface area is 214 Å². The second kappa shape index (κ2) is 11.4. The number of aliphatic carboxylic acids is 1. The highest BCUT2D eigenvalue weighted by Gasteiger charge is 2.43. The molecule has 2 aromatic rings. The van der Waals surface area contributed by atoms with Gasteiger partial charge < -0.3 is 20.1 Å². The summed E-state index contributed by atoms with van der Waals surface area (Å²) in [6, 6.07) is 14.5. The summed E-state index contributed by atoms with van der Waals surface area (Å²) in [6.45, 7) is 2.08. The van der Waals surface area contributed by atoms with E-state index < -0.39 is 24.1 Å². The maximum absolute atomic E-state index is 13.4.